The van der Waals surface area contributed by atoms with Crippen molar-refractivity contribution in [1.29, 1.82) is 0 Å². The molecule has 0 unspecified atom stereocenters. The topological polar surface area (TPSA) is 59.8 Å². The van der Waals surface area contributed by atoms with E-state index in [4.69, 9.17) is 0 Å². The molecule has 146 valence electrons. The number of pyridine rings is 1. The van der Waals surface area contributed by atoms with Crippen molar-refractivity contribution in [1.82, 2.24) is 14.8 Å². The molecular weight excluding hydrogens is 369 g/mol. The lowest BCUT2D eigenvalue weighted by Crippen LogP contribution is -2.18. The van der Waals surface area contributed by atoms with Crippen LogP contribution in [0.1, 0.15) is 28.1 Å². The third-order valence-electron chi connectivity index (χ3n) is 4.33. The molecule has 0 aliphatic heterocycles. The Morgan fingerprint density at radius 1 is 1.14 bits per heavy atom. The van der Waals surface area contributed by atoms with Gasteiger partial charge in [0.2, 0.25) is 5.91 Å². The first-order valence-electron chi connectivity index (χ1n) is 8.59. The molecule has 0 aliphatic rings. The van der Waals surface area contributed by atoms with Crippen LogP contribution in [0, 0.1) is 20.8 Å². The largest absolute Gasteiger partial charge is 0.416 e. The van der Waals surface area contributed by atoms with Gasteiger partial charge in [0, 0.05) is 18.1 Å². The van der Waals surface area contributed by atoms with Crippen LogP contribution in [0.5, 0.6) is 0 Å². The number of alkyl halides is 3. The van der Waals surface area contributed by atoms with Crippen molar-refractivity contribution in [2.75, 3.05) is 5.32 Å². The molecule has 0 fully saturated rings. The van der Waals surface area contributed by atoms with Gasteiger partial charge in [-0.15, -0.1) is 0 Å². The highest BCUT2D eigenvalue weighted by Crippen LogP contribution is 2.33. The lowest BCUT2D eigenvalue weighted by atomic mass is 10.1. The highest BCUT2D eigenvalue weighted by atomic mass is 19.4. The van der Waals surface area contributed by atoms with Crippen LogP contribution in [0.3, 0.4) is 0 Å². The molecule has 0 saturated carbocycles. The minimum Gasteiger partial charge on any atom is -0.324 e. The van der Waals surface area contributed by atoms with E-state index in [1.54, 1.807) is 32.3 Å². The van der Waals surface area contributed by atoms with Gasteiger partial charge >= 0.3 is 6.18 Å². The number of benzene rings is 1. The molecule has 0 aliphatic carbocycles. The summed E-state index contributed by atoms with van der Waals surface area (Å²) in [6.45, 7) is 5.43. The summed E-state index contributed by atoms with van der Waals surface area (Å²) in [5, 5.41) is 6.92. The summed E-state index contributed by atoms with van der Waals surface area (Å²) in [5.41, 5.74) is 2.64. The Labute approximate surface area is 160 Å². The Balaban J connectivity index is 1.98. The molecular formula is C20H19F3N4O. The van der Waals surface area contributed by atoms with Crippen LogP contribution in [0.25, 0.3) is 5.69 Å². The predicted octanol–water partition coefficient (Wildman–Crippen LogP) is 4.39. The minimum absolute atomic E-state index is 0.00642. The molecule has 2 heterocycles. The number of hydrogen-bond donors (Lipinski definition) is 1. The van der Waals surface area contributed by atoms with Gasteiger partial charge in [0.25, 0.3) is 0 Å². The number of nitrogens with one attached hydrogen (secondary N) is 1. The summed E-state index contributed by atoms with van der Waals surface area (Å²) in [7, 11) is 0. The lowest BCUT2D eigenvalue weighted by molar-refractivity contribution is -0.137. The molecule has 1 aromatic carbocycles. The molecule has 0 radical (unpaired) electrons. The molecule has 8 heteroatoms. The Morgan fingerprint density at radius 2 is 1.89 bits per heavy atom. The average molecular weight is 388 g/mol. The average Bonchev–Trinajstić information content (AvgIpc) is 2.94. The Bertz CT molecular complexity index is 1020. The molecule has 28 heavy (non-hydrogen) atoms. The first-order chi connectivity index (χ1) is 13.1. The molecule has 1 amide bonds. The van der Waals surface area contributed by atoms with Crippen molar-refractivity contribution in [3.8, 4) is 5.69 Å². The van der Waals surface area contributed by atoms with Gasteiger partial charge in [0.05, 0.1) is 29.1 Å². The second-order valence-electron chi connectivity index (χ2n) is 6.60. The standard InChI is InChI=1S/C20H19F3N4O/c1-12-6-7-24-11-15(12)9-19(28)25-17-10-16(20(21,22)23)4-5-18(17)27-14(3)8-13(2)26-27/h4-8,10-11H,9H2,1-3H3,(H,25,28). The zero-order valence-corrected chi connectivity index (χ0v) is 15.6. The van der Waals surface area contributed by atoms with Crippen molar-refractivity contribution in [2.24, 2.45) is 0 Å². The van der Waals surface area contributed by atoms with E-state index in [2.05, 4.69) is 15.4 Å². The van der Waals surface area contributed by atoms with E-state index < -0.39 is 17.6 Å². The number of carbonyl (C=O) groups is 1. The van der Waals surface area contributed by atoms with Crippen LogP contribution in [-0.4, -0.2) is 20.7 Å². The zero-order valence-electron chi connectivity index (χ0n) is 15.6. The van der Waals surface area contributed by atoms with E-state index in [9.17, 15) is 18.0 Å². The fraction of sp³-hybridized carbons (Fsp3) is 0.250. The van der Waals surface area contributed by atoms with Crippen molar-refractivity contribution >= 4 is 11.6 Å². The number of aromatic nitrogens is 3. The van der Waals surface area contributed by atoms with E-state index in [0.717, 1.165) is 29.1 Å². The highest BCUT2D eigenvalue weighted by Gasteiger charge is 2.31. The van der Waals surface area contributed by atoms with Gasteiger partial charge in [0.1, 0.15) is 0 Å². The van der Waals surface area contributed by atoms with Crippen molar-refractivity contribution < 1.29 is 18.0 Å². The third-order valence-corrected chi connectivity index (χ3v) is 4.33. The van der Waals surface area contributed by atoms with Crippen molar-refractivity contribution in [3.63, 3.8) is 0 Å². The number of nitrogens with zero attached hydrogens (tertiary/aromatic N) is 3. The number of hydrogen-bond acceptors (Lipinski definition) is 3. The van der Waals surface area contributed by atoms with Gasteiger partial charge in [-0.3, -0.25) is 9.78 Å². The summed E-state index contributed by atoms with van der Waals surface area (Å²) in [6.07, 6.45) is -1.33. The summed E-state index contributed by atoms with van der Waals surface area (Å²) >= 11 is 0. The maximum Gasteiger partial charge on any atom is 0.416 e. The highest BCUT2D eigenvalue weighted by molar-refractivity contribution is 5.94. The maximum atomic E-state index is 13.2. The summed E-state index contributed by atoms with van der Waals surface area (Å²) in [6, 6.07) is 6.80. The van der Waals surface area contributed by atoms with Crippen LogP contribution in [-0.2, 0) is 17.4 Å². The van der Waals surface area contributed by atoms with Crippen LogP contribution < -0.4 is 5.32 Å². The van der Waals surface area contributed by atoms with E-state index >= 15 is 0 Å². The van der Waals surface area contributed by atoms with E-state index in [-0.39, 0.29) is 12.1 Å². The third kappa shape index (κ3) is 4.21. The molecule has 0 atom stereocenters. The molecule has 0 bridgehead atoms. The van der Waals surface area contributed by atoms with Crippen LogP contribution in [0.15, 0.2) is 42.7 Å². The number of carbonyl (C=O) groups excluding carboxylic acids is 1. The first kappa shape index (κ1) is 19.6. The quantitative estimate of drug-likeness (QED) is 0.721. The minimum atomic E-state index is -4.52. The molecule has 2 aromatic heterocycles. The van der Waals surface area contributed by atoms with E-state index in [0.29, 0.717) is 11.3 Å². The summed E-state index contributed by atoms with van der Waals surface area (Å²) < 4.78 is 41.1. The number of rotatable bonds is 4. The number of halogens is 3. The van der Waals surface area contributed by atoms with Gasteiger partial charge < -0.3 is 5.32 Å². The van der Waals surface area contributed by atoms with Gasteiger partial charge in [-0.25, -0.2) is 4.68 Å². The van der Waals surface area contributed by atoms with Crippen LogP contribution >= 0.6 is 0 Å². The molecule has 1 N–H and O–H groups in total. The Kier molecular flexibility index (Phi) is 5.22. The second kappa shape index (κ2) is 7.46. The molecule has 3 rings (SSSR count). The Morgan fingerprint density at radius 3 is 2.50 bits per heavy atom. The fourth-order valence-electron chi connectivity index (χ4n) is 2.92. The van der Waals surface area contributed by atoms with Crippen LogP contribution in [0.2, 0.25) is 0 Å². The van der Waals surface area contributed by atoms with Crippen molar-refractivity contribution in [3.05, 3.63) is 70.8 Å². The number of aryl methyl sites for hydroxylation is 3. The number of anilines is 1. The maximum absolute atomic E-state index is 13.2. The smallest absolute Gasteiger partial charge is 0.324 e. The molecule has 3 aromatic rings. The lowest BCUT2D eigenvalue weighted by Gasteiger charge is -2.16. The van der Waals surface area contributed by atoms with Gasteiger partial charge in [-0.1, -0.05) is 0 Å². The van der Waals surface area contributed by atoms with E-state index in [1.165, 1.54) is 10.7 Å². The summed E-state index contributed by atoms with van der Waals surface area (Å²) in [4.78, 5) is 16.5. The summed E-state index contributed by atoms with van der Waals surface area (Å²) in [5.74, 6) is -0.432. The van der Waals surface area contributed by atoms with Crippen molar-refractivity contribution in [2.45, 2.75) is 33.4 Å². The fourth-order valence-corrected chi connectivity index (χ4v) is 2.92. The SMILES string of the molecule is Cc1cc(C)n(-c2ccc(C(F)(F)F)cc2NC(=O)Cc2cnccc2C)n1. The normalized spacial score (nSPS) is 11.5. The molecule has 0 saturated heterocycles. The second-order valence-corrected chi connectivity index (χ2v) is 6.60. The predicted molar refractivity (Wildman–Crippen MR) is 99.3 cm³/mol. The molecule has 0 spiro atoms. The van der Waals surface area contributed by atoms with Gasteiger partial charge in [-0.2, -0.15) is 18.3 Å². The van der Waals surface area contributed by atoms with E-state index in [1.807, 2.05) is 13.0 Å². The number of amides is 1. The zero-order chi connectivity index (χ0) is 20.5. The van der Waals surface area contributed by atoms with Gasteiger partial charge in [-0.05, 0) is 62.2 Å². The van der Waals surface area contributed by atoms with Crippen LogP contribution in [0.4, 0.5) is 18.9 Å². The Hall–Kier alpha value is -3.16. The van der Waals surface area contributed by atoms with Gasteiger partial charge in [0.15, 0.2) is 0 Å². The molecule has 5 nitrogen and oxygen atoms in total. The first-order valence-corrected chi connectivity index (χ1v) is 8.59. The monoisotopic (exact) mass is 388 g/mol.